The highest BCUT2D eigenvalue weighted by molar-refractivity contribution is 6.33. The van der Waals surface area contributed by atoms with E-state index in [4.69, 9.17) is 26.2 Å². The Labute approximate surface area is 173 Å². The number of aromatic carboxylic acids is 1. The molecule has 0 spiro atoms. The van der Waals surface area contributed by atoms with Gasteiger partial charge in [0.25, 0.3) is 0 Å². The van der Waals surface area contributed by atoms with Crippen LogP contribution in [0.5, 0.6) is 11.5 Å². The van der Waals surface area contributed by atoms with Gasteiger partial charge in [0.2, 0.25) is 0 Å². The molecule has 29 heavy (non-hydrogen) atoms. The van der Waals surface area contributed by atoms with E-state index in [-0.39, 0.29) is 10.6 Å². The first-order valence-electron chi connectivity index (χ1n) is 8.73. The van der Waals surface area contributed by atoms with Gasteiger partial charge in [-0.2, -0.15) is 5.10 Å². The molecule has 7 heteroatoms. The number of carboxylic acids is 1. The van der Waals surface area contributed by atoms with Crippen LogP contribution in [0.3, 0.4) is 0 Å². The Morgan fingerprint density at radius 3 is 2.62 bits per heavy atom. The van der Waals surface area contributed by atoms with Gasteiger partial charge in [0.05, 0.1) is 29.6 Å². The Balaban J connectivity index is 1.66. The fraction of sp³-hybridized carbons (Fsp3) is 0.0909. The maximum Gasteiger partial charge on any atom is 0.337 e. The third-order valence-corrected chi connectivity index (χ3v) is 4.36. The van der Waals surface area contributed by atoms with Crippen LogP contribution in [0.15, 0.2) is 71.8 Å². The summed E-state index contributed by atoms with van der Waals surface area (Å²) in [6, 6.07) is 19.9. The number of anilines is 1. The zero-order valence-corrected chi connectivity index (χ0v) is 16.4. The number of rotatable bonds is 8. The molecule has 0 atom stereocenters. The van der Waals surface area contributed by atoms with Crippen LogP contribution in [0.4, 0.5) is 5.69 Å². The smallest absolute Gasteiger partial charge is 0.337 e. The van der Waals surface area contributed by atoms with Crippen molar-refractivity contribution < 1.29 is 19.4 Å². The van der Waals surface area contributed by atoms with Crippen molar-refractivity contribution in [3.8, 4) is 11.5 Å². The molecule has 0 radical (unpaired) electrons. The van der Waals surface area contributed by atoms with Crippen molar-refractivity contribution in [2.24, 2.45) is 5.10 Å². The van der Waals surface area contributed by atoms with Gasteiger partial charge >= 0.3 is 5.97 Å². The van der Waals surface area contributed by atoms with Crippen LogP contribution in [0.25, 0.3) is 0 Å². The fourth-order valence-electron chi connectivity index (χ4n) is 2.56. The summed E-state index contributed by atoms with van der Waals surface area (Å²) >= 11 is 5.86. The van der Waals surface area contributed by atoms with Gasteiger partial charge in [0, 0.05) is 0 Å². The molecule has 0 fully saturated rings. The molecular weight excluding hydrogens is 392 g/mol. The molecule has 0 aliphatic heterocycles. The van der Waals surface area contributed by atoms with Crippen LogP contribution in [0.1, 0.15) is 21.5 Å². The van der Waals surface area contributed by atoms with E-state index in [0.29, 0.717) is 23.8 Å². The van der Waals surface area contributed by atoms with Crippen LogP contribution >= 0.6 is 11.6 Å². The summed E-state index contributed by atoms with van der Waals surface area (Å²) in [4.78, 5) is 11.1. The minimum atomic E-state index is -1.10. The predicted octanol–water partition coefficient (Wildman–Crippen LogP) is 5.07. The molecule has 3 aromatic carbocycles. The van der Waals surface area contributed by atoms with Crippen molar-refractivity contribution in [2.75, 3.05) is 12.5 Å². The lowest BCUT2D eigenvalue weighted by Crippen LogP contribution is -2.00. The summed E-state index contributed by atoms with van der Waals surface area (Å²) in [6.45, 7) is 0.439. The monoisotopic (exact) mass is 410 g/mol. The topological polar surface area (TPSA) is 80.2 Å². The highest BCUT2D eigenvalue weighted by atomic mass is 35.5. The number of hydrogen-bond acceptors (Lipinski definition) is 5. The maximum absolute atomic E-state index is 11.1. The van der Waals surface area contributed by atoms with E-state index in [0.717, 1.165) is 11.1 Å². The molecule has 6 nitrogen and oxygen atoms in total. The Kier molecular flexibility index (Phi) is 6.71. The number of ether oxygens (including phenoxy) is 2. The quantitative estimate of drug-likeness (QED) is 0.400. The van der Waals surface area contributed by atoms with Crippen molar-refractivity contribution >= 4 is 29.5 Å². The van der Waals surface area contributed by atoms with Crippen LogP contribution in [0, 0.1) is 0 Å². The second kappa shape index (κ2) is 9.61. The first-order chi connectivity index (χ1) is 14.1. The average Bonchev–Trinajstić information content (AvgIpc) is 2.74. The number of carbonyl (C=O) groups is 1. The van der Waals surface area contributed by atoms with Gasteiger partial charge < -0.3 is 14.6 Å². The molecule has 0 bridgehead atoms. The SMILES string of the molecule is COc1cc(/C=N\Nc2ccc(Cl)c(C(=O)O)c2)ccc1OCc1ccccc1. The van der Waals surface area contributed by atoms with Crippen LogP contribution in [-0.2, 0) is 6.61 Å². The van der Waals surface area contributed by atoms with Gasteiger partial charge in [-0.1, -0.05) is 41.9 Å². The number of carboxylic acid groups (broad SMARTS) is 1. The molecule has 148 valence electrons. The lowest BCUT2D eigenvalue weighted by molar-refractivity contribution is 0.0697. The van der Waals surface area contributed by atoms with E-state index in [1.165, 1.54) is 12.1 Å². The van der Waals surface area contributed by atoms with Crippen molar-refractivity contribution in [1.29, 1.82) is 0 Å². The van der Waals surface area contributed by atoms with Crippen LogP contribution in [-0.4, -0.2) is 24.4 Å². The Bertz CT molecular complexity index is 1020. The lowest BCUT2D eigenvalue weighted by atomic mass is 10.2. The third kappa shape index (κ3) is 5.49. The third-order valence-electron chi connectivity index (χ3n) is 4.03. The van der Waals surface area contributed by atoms with E-state index < -0.39 is 5.97 Å². The van der Waals surface area contributed by atoms with Crippen molar-refractivity contribution in [2.45, 2.75) is 6.61 Å². The zero-order valence-electron chi connectivity index (χ0n) is 15.6. The normalized spacial score (nSPS) is 10.7. The van der Waals surface area contributed by atoms with Crippen molar-refractivity contribution in [3.63, 3.8) is 0 Å². The molecule has 3 rings (SSSR count). The summed E-state index contributed by atoms with van der Waals surface area (Å²) in [5.41, 5.74) is 5.16. The van der Waals surface area contributed by atoms with Crippen LogP contribution in [0.2, 0.25) is 5.02 Å². The Hall–Kier alpha value is -3.51. The van der Waals surface area contributed by atoms with E-state index in [9.17, 15) is 4.79 Å². The molecule has 0 unspecified atom stereocenters. The standard InChI is InChI=1S/C22H19ClN2O4/c1-28-21-11-16(7-10-20(21)29-14-15-5-3-2-4-6-15)13-24-25-17-8-9-19(23)18(12-17)22(26)27/h2-13,25H,14H2,1H3,(H,26,27)/b24-13-. The van der Waals surface area contributed by atoms with E-state index in [2.05, 4.69) is 10.5 Å². The molecule has 0 heterocycles. The predicted molar refractivity (Wildman–Crippen MR) is 113 cm³/mol. The van der Waals surface area contributed by atoms with Gasteiger partial charge in [-0.15, -0.1) is 0 Å². The number of hydrogen-bond donors (Lipinski definition) is 2. The fourth-order valence-corrected chi connectivity index (χ4v) is 2.76. The Morgan fingerprint density at radius 1 is 1.10 bits per heavy atom. The number of hydrazone groups is 1. The molecule has 2 N–H and O–H groups in total. The van der Waals surface area contributed by atoms with Gasteiger partial charge in [0.1, 0.15) is 6.61 Å². The first-order valence-corrected chi connectivity index (χ1v) is 9.11. The highest BCUT2D eigenvalue weighted by Crippen LogP contribution is 2.28. The minimum absolute atomic E-state index is 0.00783. The Morgan fingerprint density at radius 2 is 1.90 bits per heavy atom. The number of benzene rings is 3. The largest absolute Gasteiger partial charge is 0.493 e. The van der Waals surface area contributed by atoms with Gasteiger partial charge in [-0.3, -0.25) is 5.43 Å². The van der Waals surface area contributed by atoms with Crippen LogP contribution < -0.4 is 14.9 Å². The molecule has 3 aromatic rings. The lowest BCUT2D eigenvalue weighted by Gasteiger charge is -2.11. The summed E-state index contributed by atoms with van der Waals surface area (Å²) < 4.78 is 11.2. The number of halogens is 1. The molecule has 0 saturated heterocycles. The average molecular weight is 411 g/mol. The van der Waals surface area contributed by atoms with Crippen molar-refractivity contribution in [3.05, 3.63) is 88.4 Å². The number of nitrogens with zero attached hydrogens (tertiary/aromatic N) is 1. The summed E-state index contributed by atoms with van der Waals surface area (Å²) in [5.74, 6) is 0.119. The van der Waals surface area contributed by atoms with Crippen molar-refractivity contribution in [1.82, 2.24) is 0 Å². The molecule has 0 saturated carbocycles. The molecule has 0 amide bonds. The molecule has 0 aromatic heterocycles. The zero-order chi connectivity index (χ0) is 20.6. The molecule has 0 aliphatic carbocycles. The highest BCUT2D eigenvalue weighted by Gasteiger charge is 2.09. The maximum atomic E-state index is 11.1. The second-order valence-electron chi connectivity index (χ2n) is 6.05. The van der Waals surface area contributed by atoms with E-state index in [1.807, 2.05) is 42.5 Å². The minimum Gasteiger partial charge on any atom is -0.493 e. The number of methoxy groups -OCH3 is 1. The molecular formula is C22H19ClN2O4. The summed E-state index contributed by atoms with van der Waals surface area (Å²) in [6.07, 6.45) is 1.60. The summed E-state index contributed by atoms with van der Waals surface area (Å²) in [7, 11) is 1.57. The van der Waals surface area contributed by atoms with Gasteiger partial charge in [0.15, 0.2) is 11.5 Å². The van der Waals surface area contributed by atoms with E-state index in [1.54, 1.807) is 25.5 Å². The van der Waals surface area contributed by atoms with Gasteiger partial charge in [-0.25, -0.2) is 4.79 Å². The van der Waals surface area contributed by atoms with Gasteiger partial charge in [-0.05, 0) is 47.5 Å². The first kappa shape index (κ1) is 20.2. The summed E-state index contributed by atoms with van der Waals surface area (Å²) in [5, 5.41) is 13.4. The van der Waals surface area contributed by atoms with E-state index >= 15 is 0 Å². The second-order valence-corrected chi connectivity index (χ2v) is 6.46. The number of nitrogens with one attached hydrogen (secondary N) is 1. The molecule has 0 aliphatic rings.